The molecule has 2 atom stereocenters. The van der Waals surface area contributed by atoms with Crippen LogP contribution in [0.3, 0.4) is 0 Å². The van der Waals surface area contributed by atoms with Gasteiger partial charge in [0.25, 0.3) is 0 Å². The quantitative estimate of drug-likeness (QED) is 0.821. The van der Waals surface area contributed by atoms with E-state index >= 15 is 0 Å². The van der Waals surface area contributed by atoms with Crippen LogP contribution in [0.5, 0.6) is 0 Å². The van der Waals surface area contributed by atoms with Crippen LogP contribution in [-0.2, 0) is 12.0 Å². The van der Waals surface area contributed by atoms with Crippen molar-refractivity contribution in [3.63, 3.8) is 0 Å². The molecule has 1 aliphatic rings. The zero-order chi connectivity index (χ0) is 11.8. The van der Waals surface area contributed by atoms with Gasteiger partial charge in [-0.2, -0.15) is 0 Å². The second-order valence-corrected chi connectivity index (χ2v) is 4.51. The smallest absolute Gasteiger partial charge is 0.123 e. The second kappa shape index (κ2) is 4.15. The minimum absolute atomic E-state index is 0.00999. The summed E-state index contributed by atoms with van der Waals surface area (Å²) in [4.78, 5) is 0. The Labute approximate surface area is 95.5 Å². The molecule has 0 spiro atoms. The number of aliphatic hydroxyl groups is 1. The van der Waals surface area contributed by atoms with Crippen molar-refractivity contribution >= 4 is 0 Å². The first-order valence-corrected chi connectivity index (χ1v) is 5.82. The Balaban J connectivity index is 2.34. The molecule has 1 aromatic carbocycles. The average molecular weight is 223 g/mol. The molecule has 2 nitrogen and oxygen atoms in total. The summed E-state index contributed by atoms with van der Waals surface area (Å²) in [5.74, 6) is -0.223. The van der Waals surface area contributed by atoms with Gasteiger partial charge in [0.15, 0.2) is 0 Å². The lowest BCUT2D eigenvalue weighted by Crippen LogP contribution is -2.45. The van der Waals surface area contributed by atoms with Gasteiger partial charge < -0.3 is 10.4 Å². The van der Waals surface area contributed by atoms with Gasteiger partial charge >= 0.3 is 0 Å². The van der Waals surface area contributed by atoms with E-state index in [1.165, 1.54) is 12.1 Å². The predicted molar refractivity (Wildman–Crippen MR) is 61.8 cm³/mol. The van der Waals surface area contributed by atoms with E-state index in [-0.39, 0.29) is 11.9 Å². The first-order chi connectivity index (χ1) is 7.58. The van der Waals surface area contributed by atoms with Gasteiger partial charge in [-0.05, 0) is 49.6 Å². The maximum atomic E-state index is 13.1. The summed E-state index contributed by atoms with van der Waals surface area (Å²) < 4.78 is 13.1. The van der Waals surface area contributed by atoms with E-state index in [1.54, 1.807) is 6.07 Å². The van der Waals surface area contributed by atoms with Crippen molar-refractivity contribution in [1.29, 1.82) is 0 Å². The van der Waals surface area contributed by atoms with E-state index in [0.29, 0.717) is 6.42 Å². The number of benzene rings is 1. The van der Waals surface area contributed by atoms with Crippen molar-refractivity contribution in [1.82, 2.24) is 5.32 Å². The number of rotatable bonds is 3. The normalized spacial score (nSPS) is 25.5. The van der Waals surface area contributed by atoms with Gasteiger partial charge in [0.05, 0.1) is 0 Å². The Morgan fingerprint density at radius 2 is 2.31 bits per heavy atom. The molecule has 3 heteroatoms. The summed E-state index contributed by atoms with van der Waals surface area (Å²) in [5.41, 5.74) is 0.966. The van der Waals surface area contributed by atoms with E-state index in [0.717, 1.165) is 24.1 Å². The standard InChI is InChI=1S/C13H18FNO/c1-3-15-9(2)13(16)7-6-10-8-11(14)4-5-12(10)13/h4-5,8-9,15-16H,3,6-7H2,1-2H3. The Kier molecular flexibility index (Phi) is 3.00. The van der Waals surface area contributed by atoms with Crippen LogP contribution in [0.2, 0.25) is 0 Å². The monoisotopic (exact) mass is 223 g/mol. The molecule has 1 aliphatic carbocycles. The third kappa shape index (κ3) is 1.74. The molecule has 2 rings (SSSR count). The molecule has 1 aromatic rings. The van der Waals surface area contributed by atoms with Crippen LogP contribution in [0, 0.1) is 5.82 Å². The van der Waals surface area contributed by atoms with Crippen LogP contribution in [0.25, 0.3) is 0 Å². The molecule has 0 aromatic heterocycles. The fourth-order valence-electron chi connectivity index (χ4n) is 2.58. The Morgan fingerprint density at radius 1 is 1.56 bits per heavy atom. The van der Waals surface area contributed by atoms with E-state index < -0.39 is 5.60 Å². The number of aryl methyl sites for hydroxylation is 1. The number of hydrogen-bond acceptors (Lipinski definition) is 2. The zero-order valence-corrected chi connectivity index (χ0v) is 9.76. The van der Waals surface area contributed by atoms with E-state index in [4.69, 9.17) is 0 Å². The van der Waals surface area contributed by atoms with E-state index in [2.05, 4.69) is 5.32 Å². The first kappa shape index (κ1) is 11.6. The molecular weight excluding hydrogens is 205 g/mol. The molecule has 16 heavy (non-hydrogen) atoms. The van der Waals surface area contributed by atoms with Gasteiger partial charge in [-0.3, -0.25) is 0 Å². The van der Waals surface area contributed by atoms with Crippen LogP contribution in [0.4, 0.5) is 4.39 Å². The van der Waals surface area contributed by atoms with Crippen LogP contribution in [-0.4, -0.2) is 17.7 Å². The number of fused-ring (bicyclic) bond motifs is 1. The van der Waals surface area contributed by atoms with Crippen molar-refractivity contribution in [3.05, 3.63) is 35.1 Å². The van der Waals surface area contributed by atoms with Crippen molar-refractivity contribution < 1.29 is 9.50 Å². The number of nitrogens with one attached hydrogen (secondary N) is 1. The number of likely N-dealkylation sites (N-methyl/N-ethyl adjacent to an activating group) is 1. The van der Waals surface area contributed by atoms with Gasteiger partial charge in [0, 0.05) is 6.04 Å². The van der Waals surface area contributed by atoms with Crippen LogP contribution in [0.1, 0.15) is 31.4 Å². The molecular formula is C13H18FNO. The molecule has 88 valence electrons. The van der Waals surface area contributed by atoms with Crippen LogP contribution in [0.15, 0.2) is 18.2 Å². The Hall–Kier alpha value is -0.930. The average Bonchev–Trinajstić information content (AvgIpc) is 2.58. The maximum absolute atomic E-state index is 13.1. The van der Waals surface area contributed by atoms with Gasteiger partial charge in [-0.15, -0.1) is 0 Å². The zero-order valence-electron chi connectivity index (χ0n) is 9.76. The van der Waals surface area contributed by atoms with Gasteiger partial charge in [0.2, 0.25) is 0 Å². The summed E-state index contributed by atoms with van der Waals surface area (Å²) in [6, 6.07) is 4.66. The van der Waals surface area contributed by atoms with E-state index in [1.807, 2.05) is 13.8 Å². The molecule has 2 N–H and O–H groups in total. The molecule has 0 fully saturated rings. The third-order valence-electron chi connectivity index (χ3n) is 3.54. The second-order valence-electron chi connectivity index (χ2n) is 4.51. The fraction of sp³-hybridized carbons (Fsp3) is 0.538. The summed E-state index contributed by atoms with van der Waals surface area (Å²) in [6.07, 6.45) is 1.42. The summed E-state index contributed by atoms with van der Waals surface area (Å²) in [7, 11) is 0. The minimum atomic E-state index is -0.848. The molecule has 0 heterocycles. The highest BCUT2D eigenvalue weighted by atomic mass is 19.1. The van der Waals surface area contributed by atoms with Crippen molar-refractivity contribution in [3.8, 4) is 0 Å². The number of halogens is 1. The lowest BCUT2D eigenvalue weighted by molar-refractivity contribution is 0.00496. The van der Waals surface area contributed by atoms with Gasteiger partial charge in [0.1, 0.15) is 11.4 Å². The topological polar surface area (TPSA) is 32.3 Å². The lowest BCUT2D eigenvalue weighted by atomic mass is 9.89. The Bertz CT molecular complexity index is 394. The summed E-state index contributed by atoms with van der Waals surface area (Å²) in [6.45, 7) is 4.81. The third-order valence-corrected chi connectivity index (χ3v) is 3.54. The van der Waals surface area contributed by atoms with Crippen LogP contribution < -0.4 is 5.32 Å². The summed E-state index contributed by atoms with van der Waals surface area (Å²) in [5, 5.41) is 13.9. The highest BCUT2D eigenvalue weighted by molar-refractivity contribution is 5.38. The highest BCUT2D eigenvalue weighted by Crippen LogP contribution is 2.39. The molecule has 0 amide bonds. The van der Waals surface area contributed by atoms with E-state index in [9.17, 15) is 9.50 Å². The van der Waals surface area contributed by atoms with Crippen LogP contribution >= 0.6 is 0 Å². The highest BCUT2D eigenvalue weighted by Gasteiger charge is 2.41. The lowest BCUT2D eigenvalue weighted by Gasteiger charge is -2.31. The van der Waals surface area contributed by atoms with Crippen molar-refractivity contribution in [2.45, 2.75) is 38.3 Å². The fourth-order valence-corrected chi connectivity index (χ4v) is 2.58. The molecule has 0 aliphatic heterocycles. The largest absolute Gasteiger partial charge is 0.384 e. The van der Waals surface area contributed by atoms with Gasteiger partial charge in [-0.1, -0.05) is 13.0 Å². The maximum Gasteiger partial charge on any atom is 0.123 e. The SMILES string of the molecule is CCNC(C)C1(O)CCc2cc(F)ccc21. The molecule has 0 saturated heterocycles. The van der Waals surface area contributed by atoms with Crippen molar-refractivity contribution in [2.24, 2.45) is 0 Å². The first-order valence-electron chi connectivity index (χ1n) is 5.82. The summed E-state index contributed by atoms with van der Waals surface area (Å²) >= 11 is 0. The molecule has 0 bridgehead atoms. The molecule has 2 unspecified atom stereocenters. The number of hydrogen-bond donors (Lipinski definition) is 2. The molecule has 0 radical (unpaired) electrons. The minimum Gasteiger partial charge on any atom is -0.384 e. The Morgan fingerprint density at radius 3 is 3.00 bits per heavy atom. The van der Waals surface area contributed by atoms with Gasteiger partial charge in [-0.25, -0.2) is 4.39 Å². The van der Waals surface area contributed by atoms with Crippen molar-refractivity contribution in [2.75, 3.05) is 6.54 Å². The molecule has 0 saturated carbocycles. The predicted octanol–water partition coefficient (Wildman–Crippen LogP) is 1.96.